The predicted molar refractivity (Wildman–Crippen MR) is 109 cm³/mol. The zero-order chi connectivity index (χ0) is 21.7. The van der Waals surface area contributed by atoms with E-state index >= 15 is 0 Å². The fourth-order valence-electron chi connectivity index (χ4n) is 3.49. The summed E-state index contributed by atoms with van der Waals surface area (Å²) in [6.07, 6.45) is 1.47. The van der Waals surface area contributed by atoms with Crippen LogP contribution < -0.4 is 10.2 Å². The lowest BCUT2D eigenvalue weighted by molar-refractivity contribution is -0.148. The molecular weight excluding hydrogens is 391 g/mol. The van der Waals surface area contributed by atoms with Crippen molar-refractivity contribution in [3.05, 3.63) is 59.4 Å². The lowest BCUT2D eigenvalue weighted by Crippen LogP contribution is -2.39. The molecule has 0 spiro atoms. The van der Waals surface area contributed by atoms with E-state index in [-0.39, 0.29) is 23.0 Å². The smallest absolute Gasteiger partial charge is 0.335 e. The third-order valence-electron chi connectivity index (χ3n) is 4.98. The number of aromatic carboxylic acids is 1. The molecule has 1 heterocycles. The number of ether oxygens (including phenoxy) is 1. The SMILES string of the molecule is CCOC(=O)[C@@H]1CCCN(c2ccc(C(=O)O)cc2NC(=O)c2ccc(F)cc2)C1. The van der Waals surface area contributed by atoms with Crippen molar-refractivity contribution < 1.29 is 28.6 Å². The monoisotopic (exact) mass is 414 g/mol. The summed E-state index contributed by atoms with van der Waals surface area (Å²) in [6, 6.07) is 9.52. The standard InChI is InChI=1S/C22H23FN2O5/c1-2-30-22(29)16-4-3-11-25(13-16)19-10-7-15(21(27)28)12-18(19)24-20(26)14-5-8-17(23)9-6-14/h5-10,12,16H,2-4,11,13H2,1H3,(H,24,26)(H,27,28)/t16-/m1/s1. The first kappa shape index (κ1) is 21.3. The van der Waals surface area contributed by atoms with Gasteiger partial charge in [-0.2, -0.15) is 0 Å². The Morgan fingerprint density at radius 2 is 1.87 bits per heavy atom. The van der Waals surface area contributed by atoms with Crippen LogP contribution in [-0.4, -0.2) is 42.6 Å². The summed E-state index contributed by atoms with van der Waals surface area (Å²) in [5.74, 6) is -2.63. The molecule has 1 aliphatic heterocycles. The quantitative estimate of drug-likeness (QED) is 0.702. The Morgan fingerprint density at radius 3 is 2.53 bits per heavy atom. The first-order valence-electron chi connectivity index (χ1n) is 9.75. The Labute approximate surface area is 173 Å². The summed E-state index contributed by atoms with van der Waals surface area (Å²) in [6.45, 7) is 3.13. The molecule has 158 valence electrons. The van der Waals surface area contributed by atoms with Crippen LogP contribution in [0, 0.1) is 11.7 Å². The van der Waals surface area contributed by atoms with Crippen LogP contribution in [0.4, 0.5) is 15.8 Å². The molecule has 0 aliphatic carbocycles. The molecule has 0 aromatic heterocycles. The number of nitrogens with zero attached hydrogens (tertiary/aromatic N) is 1. The first-order chi connectivity index (χ1) is 14.4. The van der Waals surface area contributed by atoms with Crippen LogP contribution in [0.5, 0.6) is 0 Å². The number of nitrogens with one attached hydrogen (secondary N) is 1. The zero-order valence-corrected chi connectivity index (χ0v) is 16.6. The summed E-state index contributed by atoms with van der Waals surface area (Å²) >= 11 is 0. The number of hydrogen-bond acceptors (Lipinski definition) is 5. The molecule has 7 nitrogen and oxygen atoms in total. The molecule has 0 saturated carbocycles. The third-order valence-corrected chi connectivity index (χ3v) is 4.98. The van der Waals surface area contributed by atoms with E-state index in [0.29, 0.717) is 37.5 Å². The molecule has 0 radical (unpaired) electrons. The van der Waals surface area contributed by atoms with Crippen LogP contribution in [0.3, 0.4) is 0 Å². The third kappa shape index (κ3) is 4.94. The van der Waals surface area contributed by atoms with Crippen molar-refractivity contribution in [2.75, 3.05) is 29.9 Å². The van der Waals surface area contributed by atoms with Crippen LogP contribution in [-0.2, 0) is 9.53 Å². The molecule has 1 amide bonds. The number of anilines is 2. The minimum Gasteiger partial charge on any atom is -0.478 e. The average molecular weight is 414 g/mol. The van der Waals surface area contributed by atoms with Gasteiger partial charge in [0.05, 0.1) is 29.5 Å². The highest BCUT2D eigenvalue weighted by Gasteiger charge is 2.28. The number of rotatable bonds is 6. The highest BCUT2D eigenvalue weighted by molar-refractivity contribution is 6.06. The van der Waals surface area contributed by atoms with Crippen molar-refractivity contribution in [1.82, 2.24) is 0 Å². The molecule has 0 unspecified atom stereocenters. The van der Waals surface area contributed by atoms with E-state index < -0.39 is 17.7 Å². The van der Waals surface area contributed by atoms with Gasteiger partial charge in [0.1, 0.15) is 5.82 Å². The largest absolute Gasteiger partial charge is 0.478 e. The van der Waals surface area contributed by atoms with Crippen molar-refractivity contribution >= 4 is 29.2 Å². The van der Waals surface area contributed by atoms with Gasteiger partial charge in [0.25, 0.3) is 5.91 Å². The molecule has 1 atom stereocenters. The minimum atomic E-state index is -1.12. The van der Waals surface area contributed by atoms with E-state index in [0.717, 1.165) is 6.42 Å². The van der Waals surface area contributed by atoms with Crippen molar-refractivity contribution in [2.24, 2.45) is 5.92 Å². The molecule has 1 saturated heterocycles. The van der Waals surface area contributed by atoms with Gasteiger partial charge in [-0.3, -0.25) is 9.59 Å². The van der Waals surface area contributed by atoms with Gasteiger partial charge < -0.3 is 20.1 Å². The number of piperidine rings is 1. The predicted octanol–water partition coefficient (Wildman–Crippen LogP) is 3.56. The molecule has 0 bridgehead atoms. The van der Waals surface area contributed by atoms with E-state index in [4.69, 9.17) is 4.74 Å². The maximum atomic E-state index is 13.1. The second kappa shape index (κ2) is 9.39. The molecule has 30 heavy (non-hydrogen) atoms. The van der Waals surface area contributed by atoms with Gasteiger partial charge in [-0.15, -0.1) is 0 Å². The van der Waals surface area contributed by atoms with Gasteiger partial charge in [-0.1, -0.05) is 0 Å². The van der Waals surface area contributed by atoms with E-state index in [1.54, 1.807) is 13.0 Å². The Morgan fingerprint density at radius 1 is 1.17 bits per heavy atom. The minimum absolute atomic E-state index is 0.0205. The summed E-state index contributed by atoms with van der Waals surface area (Å²) in [4.78, 5) is 38.2. The fraction of sp³-hybridized carbons (Fsp3) is 0.318. The maximum absolute atomic E-state index is 13.1. The first-order valence-corrected chi connectivity index (χ1v) is 9.75. The van der Waals surface area contributed by atoms with Crippen LogP contribution >= 0.6 is 0 Å². The number of halogens is 1. The second-order valence-corrected chi connectivity index (χ2v) is 7.04. The van der Waals surface area contributed by atoms with Gasteiger partial charge >= 0.3 is 11.9 Å². The lowest BCUT2D eigenvalue weighted by Gasteiger charge is -2.34. The highest BCUT2D eigenvalue weighted by Crippen LogP contribution is 2.32. The number of benzene rings is 2. The Bertz CT molecular complexity index is 945. The topological polar surface area (TPSA) is 95.9 Å². The van der Waals surface area contributed by atoms with Crippen molar-refractivity contribution in [2.45, 2.75) is 19.8 Å². The van der Waals surface area contributed by atoms with Gasteiger partial charge in [-0.05, 0) is 62.2 Å². The van der Waals surface area contributed by atoms with E-state index in [1.165, 1.54) is 36.4 Å². The van der Waals surface area contributed by atoms with Crippen LogP contribution in [0.25, 0.3) is 0 Å². The molecule has 3 rings (SSSR count). The lowest BCUT2D eigenvalue weighted by atomic mass is 9.97. The van der Waals surface area contributed by atoms with E-state index in [2.05, 4.69) is 5.32 Å². The Hall–Kier alpha value is -3.42. The van der Waals surface area contributed by atoms with Gasteiger partial charge in [0, 0.05) is 18.7 Å². The number of carboxylic acids is 1. The van der Waals surface area contributed by atoms with Gasteiger partial charge in [0.2, 0.25) is 0 Å². The summed E-state index contributed by atoms with van der Waals surface area (Å²) in [5, 5.41) is 12.1. The highest BCUT2D eigenvalue weighted by atomic mass is 19.1. The molecule has 8 heteroatoms. The van der Waals surface area contributed by atoms with Gasteiger partial charge in [-0.25, -0.2) is 9.18 Å². The fourth-order valence-corrected chi connectivity index (χ4v) is 3.49. The zero-order valence-electron chi connectivity index (χ0n) is 16.6. The van der Waals surface area contributed by atoms with Crippen LogP contribution in [0.2, 0.25) is 0 Å². The normalized spacial score (nSPS) is 16.1. The number of esters is 1. The molecule has 2 aromatic carbocycles. The summed E-state index contributed by atoms with van der Waals surface area (Å²) in [7, 11) is 0. The Kier molecular flexibility index (Phi) is 6.66. The number of hydrogen-bond donors (Lipinski definition) is 2. The number of carbonyl (C=O) groups excluding carboxylic acids is 2. The molecule has 1 aliphatic rings. The number of carbonyl (C=O) groups is 3. The Balaban J connectivity index is 1.88. The number of amides is 1. The van der Waals surface area contributed by atoms with E-state index in [1.807, 2.05) is 4.90 Å². The van der Waals surface area contributed by atoms with Crippen molar-refractivity contribution in [3.8, 4) is 0 Å². The van der Waals surface area contributed by atoms with Gasteiger partial charge in [0.15, 0.2) is 0 Å². The van der Waals surface area contributed by atoms with Crippen LogP contribution in [0.15, 0.2) is 42.5 Å². The molecular formula is C22H23FN2O5. The molecule has 2 N–H and O–H groups in total. The van der Waals surface area contributed by atoms with Crippen molar-refractivity contribution in [1.29, 1.82) is 0 Å². The average Bonchev–Trinajstić information content (AvgIpc) is 2.74. The number of carboxylic acid groups (broad SMARTS) is 1. The maximum Gasteiger partial charge on any atom is 0.335 e. The van der Waals surface area contributed by atoms with E-state index in [9.17, 15) is 23.9 Å². The molecule has 1 fully saturated rings. The summed E-state index contributed by atoms with van der Waals surface area (Å²) < 4.78 is 18.3. The van der Waals surface area contributed by atoms with Crippen molar-refractivity contribution in [3.63, 3.8) is 0 Å². The molecule has 2 aromatic rings. The summed E-state index contributed by atoms with van der Waals surface area (Å²) in [5.41, 5.74) is 1.19. The van der Waals surface area contributed by atoms with Crippen LogP contribution in [0.1, 0.15) is 40.5 Å². The second-order valence-electron chi connectivity index (χ2n) is 7.04.